The third-order valence-electron chi connectivity index (χ3n) is 3.33. The Morgan fingerprint density at radius 1 is 1.11 bits per heavy atom. The molecule has 2 N–H and O–H groups in total. The van der Waals surface area contributed by atoms with E-state index in [4.69, 9.17) is 0 Å². The molecule has 0 saturated heterocycles. The van der Waals surface area contributed by atoms with Gasteiger partial charge in [0, 0.05) is 24.2 Å². The van der Waals surface area contributed by atoms with Gasteiger partial charge in [0.1, 0.15) is 5.82 Å². The molecule has 0 aliphatic heterocycles. The molecular weight excluding hydrogens is 222 g/mol. The van der Waals surface area contributed by atoms with E-state index < -0.39 is 0 Å². The lowest BCUT2D eigenvalue weighted by Crippen LogP contribution is -2.20. The molecule has 0 amide bonds. The summed E-state index contributed by atoms with van der Waals surface area (Å²) in [4.78, 5) is 4.42. The smallest absolute Gasteiger partial charge is 0.133 e. The van der Waals surface area contributed by atoms with Crippen molar-refractivity contribution in [1.29, 1.82) is 0 Å². The molecule has 0 spiro atoms. The lowest BCUT2D eigenvalue weighted by molar-refractivity contribution is 0.658. The highest BCUT2D eigenvalue weighted by Crippen LogP contribution is 2.20. The molecule has 1 aromatic carbocycles. The molecule has 1 aromatic heterocycles. The average Bonchev–Trinajstić information content (AvgIpc) is 3.23. The molecule has 3 rings (SSSR count). The minimum Gasteiger partial charge on any atom is -0.370 e. The number of rotatable bonds is 6. The van der Waals surface area contributed by atoms with E-state index >= 15 is 0 Å². The Bertz CT molecular complexity index is 515. The van der Waals surface area contributed by atoms with Crippen LogP contribution >= 0.6 is 0 Å². The maximum Gasteiger partial charge on any atom is 0.133 e. The molecule has 3 heteroatoms. The summed E-state index contributed by atoms with van der Waals surface area (Å²) in [7, 11) is 0. The summed E-state index contributed by atoms with van der Waals surface area (Å²) in [5.41, 5.74) is 0. The van der Waals surface area contributed by atoms with Crippen molar-refractivity contribution < 1.29 is 0 Å². The number of pyridine rings is 1. The molecule has 3 nitrogen and oxygen atoms in total. The second-order valence-electron chi connectivity index (χ2n) is 4.89. The maximum absolute atomic E-state index is 4.42. The van der Waals surface area contributed by atoms with E-state index in [1.54, 1.807) is 0 Å². The van der Waals surface area contributed by atoms with Crippen LogP contribution in [0.3, 0.4) is 0 Å². The predicted molar refractivity (Wildman–Crippen MR) is 75.9 cm³/mol. The highest BCUT2D eigenvalue weighted by atomic mass is 15.0. The molecule has 18 heavy (non-hydrogen) atoms. The second-order valence-corrected chi connectivity index (χ2v) is 4.89. The van der Waals surface area contributed by atoms with Crippen molar-refractivity contribution in [2.45, 2.75) is 25.3 Å². The van der Waals surface area contributed by atoms with Crippen LogP contribution in [0.25, 0.3) is 10.8 Å². The summed E-state index contributed by atoms with van der Waals surface area (Å²) < 4.78 is 0. The van der Waals surface area contributed by atoms with E-state index in [0.717, 1.165) is 31.4 Å². The molecule has 94 valence electrons. The maximum atomic E-state index is 4.42. The van der Waals surface area contributed by atoms with Gasteiger partial charge in [0.15, 0.2) is 0 Å². The van der Waals surface area contributed by atoms with Crippen molar-refractivity contribution in [2.24, 2.45) is 0 Å². The molecule has 0 bridgehead atoms. The Kier molecular flexibility index (Phi) is 3.42. The standard InChI is InChI=1S/C15H19N3/c1-2-5-14-12(4-1)8-11-18-15(14)17-10-3-9-16-13-6-7-13/h1-2,4-5,8,11,13,16H,3,6-7,9-10H2,(H,17,18). The van der Waals surface area contributed by atoms with Crippen LogP contribution in [0.2, 0.25) is 0 Å². The van der Waals surface area contributed by atoms with Gasteiger partial charge in [-0.3, -0.25) is 0 Å². The highest BCUT2D eigenvalue weighted by Gasteiger charge is 2.19. The number of aromatic nitrogens is 1. The summed E-state index contributed by atoms with van der Waals surface area (Å²) in [6, 6.07) is 11.2. The van der Waals surface area contributed by atoms with Gasteiger partial charge in [-0.2, -0.15) is 0 Å². The number of nitrogens with one attached hydrogen (secondary N) is 2. The number of hydrogen-bond acceptors (Lipinski definition) is 3. The van der Waals surface area contributed by atoms with Gasteiger partial charge in [0.2, 0.25) is 0 Å². The van der Waals surface area contributed by atoms with Gasteiger partial charge in [0.05, 0.1) is 0 Å². The molecule has 0 unspecified atom stereocenters. The number of nitrogens with zero attached hydrogens (tertiary/aromatic N) is 1. The Balaban J connectivity index is 1.56. The Morgan fingerprint density at radius 3 is 2.89 bits per heavy atom. The van der Waals surface area contributed by atoms with E-state index in [0.29, 0.717) is 0 Å². The number of benzene rings is 1. The summed E-state index contributed by atoms with van der Waals surface area (Å²) in [6.45, 7) is 2.07. The molecule has 1 aliphatic carbocycles. The van der Waals surface area contributed by atoms with E-state index in [2.05, 4.69) is 45.9 Å². The van der Waals surface area contributed by atoms with Crippen LogP contribution in [-0.2, 0) is 0 Å². The highest BCUT2D eigenvalue weighted by molar-refractivity contribution is 5.91. The van der Waals surface area contributed by atoms with Gasteiger partial charge >= 0.3 is 0 Å². The van der Waals surface area contributed by atoms with Gasteiger partial charge < -0.3 is 10.6 Å². The monoisotopic (exact) mass is 241 g/mol. The van der Waals surface area contributed by atoms with Crippen molar-refractivity contribution >= 4 is 16.6 Å². The second kappa shape index (κ2) is 5.36. The number of hydrogen-bond donors (Lipinski definition) is 2. The zero-order valence-electron chi connectivity index (χ0n) is 10.5. The quantitative estimate of drug-likeness (QED) is 0.764. The van der Waals surface area contributed by atoms with Crippen LogP contribution in [0.1, 0.15) is 19.3 Å². The first-order valence-electron chi connectivity index (χ1n) is 6.74. The normalized spacial score (nSPS) is 14.9. The van der Waals surface area contributed by atoms with E-state index in [-0.39, 0.29) is 0 Å². The van der Waals surface area contributed by atoms with Crippen molar-refractivity contribution in [3.8, 4) is 0 Å². The van der Waals surface area contributed by atoms with Crippen LogP contribution in [0.5, 0.6) is 0 Å². The van der Waals surface area contributed by atoms with E-state index in [1.807, 2.05) is 6.20 Å². The SMILES string of the molecule is c1ccc2c(NCCCNC3CC3)nccc2c1. The minimum absolute atomic E-state index is 0.806. The third-order valence-corrected chi connectivity index (χ3v) is 3.33. The Morgan fingerprint density at radius 2 is 2.00 bits per heavy atom. The largest absolute Gasteiger partial charge is 0.370 e. The van der Waals surface area contributed by atoms with Crippen LogP contribution in [0.15, 0.2) is 36.5 Å². The first-order chi connectivity index (χ1) is 8.93. The molecule has 0 atom stereocenters. The molecule has 1 heterocycles. The lowest BCUT2D eigenvalue weighted by Gasteiger charge is -2.08. The van der Waals surface area contributed by atoms with Crippen LogP contribution < -0.4 is 10.6 Å². The van der Waals surface area contributed by atoms with Gasteiger partial charge in [0.25, 0.3) is 0 Å². The summed E-state index contributed by atoms with van der Waals surface area (Å²) >= 11 is 0. The Hall–Kier alpha value is -1.61. The average molecular weight is 241 g/mol. The molecule has 1 aliphatic rings. The van der Waals surface area contributed by atoms with Crippen LogP contribution in [-0.4, -0.2) is 24.1 Å². The Labute approximate surface area is 108 Å². The van der Waals surface area contributed by atoms with Gasteiger partial charge in [-0.15, -0.1) is 0 Å². The lowest BCUT2D eigenvalue weighted by atomic mass is 10.1. The summed E-state index contributed by atoms with van der Waals surface area (Å²) in [6.07, 6.45) is 5.73. The van der Waals surface area contributed by atoms with Gasteiger partial charge in [-0.1, -0.05) is 24.3 Å². The van der Waals surface area contributed by atoms with Gasteiger partial charge in [-0.25, -0.2) is 4.98 Å². The minimum atomic E-state index is 0.806. The fraction of sp³-hybridized carbons (Fsp3) is 0.400. The van der Waals surface area contributed by atoms with Gasteiger partial charge in [-0.05, 0) is 37.3 Å². The fourth-order valence-electron chi connectivity index (χ4n) is 2.15. The summed E-state index contributed by atoms with van der Waals surface area (Å²) in [5, 5.41) is 9.40. The zero-order valence-corrected chi connectivity index (χ0v) is 10.5. The molecule has 2 aromatic rings. The van der Waals surface area contributed by atoms with Crippen molar-refractivity contribution in [1.82, 2.24) is 10.3 Å². The molecule has 0 radical (unpaired) electrons. The molecule has 1 saturated carbocycles. The first kappa shape index (κ1) is 11.5. The first-order valence-corrected chi connectivity index (χ1v) is 6.74. The summed E-state index contributed by atoms with van der Waals surface area (Å²) in [5.74, 6) is 1.000. The van der Waals surface area contributed by atoms with Crippen molar-refractivity contribution in [3.05, 3.63) is 36.5 Å². The van der Waals surface area contributed by atoms with Crippen molar-refractivity contribution in [3.63, 3.8) is 0 Å². The van der Waals surface area contributed by atoms with E-state index in [1.165, 1.54) is 23.6 Å². The third kappa shape index (κ3) is 2.79. The number of fused-ring (bicyclic) bond motifs is 1. The van der Waals surface area contributed by atoms with E-state index in [9.17, 15) is 0 Å². The molecule has 1 fully saturated rings. The van der Waals surface area contributed by atoms with Crippen molar-refractivity contribution in [2.75, 3.05) is 18.4 Å². The number of anilines is 1. The topological polar surface area (TPSA) is 37.0 Å². The fourth-order valence-corrected chi connectivity index (χ4v) is 2.15. The predicted octanol–water partition coefficient (Wildman–Crippen LogP) is 2.79. The van der Waals surface area contributed by atoms with Crippen LogP contribution in [0, 0.1) is 0 Å². The molecular formula is C15H19N3. The zero-order chi connectivity index (χ0) is 12.2. The van der Waals surface area contributed by atoms with Crippen LogP contribution in [0.4, 0.5) is 5.82 Å².